The number of carboxylic acid groups (broad SMARTS) is 1. The van der Waals surface area contributed by atoms with Crippen LogP contribution in [0.15, 0.2) is 0 Å². The lowest BCUT2D eigenvalue weighted by molar-refractivity contribution is -0.154. The third-order valence-corrected chi connectivity index (χ3v) is 2.93. The van der Waals surface area contributed by atoms with Crippen LogP contribution in [0.25, 0.3) is 0 Å². The predicted octanol–water partition coefficient (Wildman–Crippen LogP) is 1.21. The van der Waals surface area contributed by atoms with Gasteiger partial charge in [0.2, 0.25) is 0 Å². The number of aliphatic carboxylic acids is 1. The van der Waals surface area contributed by atoms with Gasteiger partial charge in [0.05, 0.1) is 13.2 Å². The quantitative estimate of drug-likeness (QED) is 0.768. The summed E-state index contributed by atoms with van der Waals surface area (Å²) in [5.41, 5.74) is -0.189. The van der Waals surface area contributed by atoms with Crippen LogP contribution < -0.4 is 0 Å². The van der Waals surface area contributed by atoms with Crippen molar-refractivity contribution in [2.24, 2.45) is 5.92 Å². The fraction of sp³-hybridized carbons (Fsp3) is 0.909. The first-order chi connectivity index (χ1) is 6.86. The van der Waals surface area contributed by atoms with E-state index in [1.165, 1.54) is 0 Å². The third kappa shape index (κ3) is 2.69. The highest BCUT2D eigenvalue weighted by Crippen LogP contribution is 2.25. The molecule has 1 rings (SSSR count). The zero-order valence-electron chi connectivity index (χ0n) is 9.99. The normalized spacial score (nSPS) is 24.1. The van der Waals surface area contributed by atoms with E-state index in [-0.39, 0.29) is 11.5 Å². The lowest BCUT2D eigenvalue weighted by Crippen LogP contribution is -2.60. The van der Waals surface area contributed by atoms with E-state index in [1.807, 2.05) is 32.6 Å². The number of hydrogen-bond acceptors (Lipinski definition) is 3. The van der Waals surface area contributed by atoms with Crippen LogP contribution in [-0.2, 0) is 9.53 Å². The molecule has 0 aliphatic carbocycles. The Balaban J connectivity index is 2.86. The highest BCUT2D eigenvalue weighted by Gasteiger charge is 2.40. The molecule has 0 aromatic heterocycles. The summed E-state index contributed by atoms with van der Waals surface area (Å²) in [5, 5.41) is 9.25. The maximum atomic E-state index is 11.2. The first-order valence-electron chi connectivity index (χ1n) is 5.43. The summed E-state index contributed by atoms with van der Waals surface area (Å²) in [5.74, 6) is -0.625. The van der Waals surface area contributed by atoms with Gasteiger partial charge in [-0.1, -0.05) is 13.8 Å². The Morgan fingerprint density at radius 2 is 2.07 bits per heavy atom. The van der Waals surface area contributed by atoms with E-state index in [0.717, 1.165) is 0 Å². The standard InChI is InChI=1S/C11H21NO3/c1-8(2)9(10(13)14)12-5-6-15-7-11(12,3)4/h8-9H,5-7H2,1-4H3,(H,13,14). The molecular weight excluding hydrogens is 194 g/mol. The molecule has 1 atom stereocenters. The van der Waals surface area contributed by atoms with Crippen molar-refractivity contribution in [3.63, 3.8) is 0 Å². The van der Waals surface area contributed by atoms with E-state index < -0.39 is 12.0 Å². The van der Waals surface area contributed by atoms with Crippen molar-refractivity contribution in [2.45, 2.75) is 39.3 Å². The van der Waals surface area contributed by atoms with Crippen LogP contribution in [-0.4, -0.2) is 47.3 Å². The smallest absolute Gasteiger partial charge is 0.321 e. The fourth-order valence-corrected chi connectivity index (χ4v) is 2.16. The van der Waals surface area contributed by atoms with Gasteiger partial charge < -0.3 is 9.84 Å². The van der Waals surface area contributed by atoms with Crippen LogP contribution in [0.4, 0.5) is 0 Å². The minimum absolute atomic E-state index is 0.111. The molecule has 1 aliphatic heterocycles. The minimum atomic E-state index is -0.736. The molecule has 0 aromatic carbocycles. The average Bonchev–Trinajstić information content (AvgIpc) is 2.06. The van der Waals surface area contributed by atoms with Gasteiger partial charge in [0, 0.05) is 12.1 Å². The van der Waals surface area contributed by atoms with Gasteiger partial charge in [0.15, 0.2) is 0 Å². The maximum absolute atomic E-state index is 11.2. The molecule has 1 heterocycles. The molecule has 1 N–H and O–H groups in total. The topological polar surface area (TPSA) is 49.8 Å². The summed E-state index contributed by atoms with van der Waals surface area (Å²) in [6.07, 6.45) is 0. The Hall–Kier alpha value is -0.610. The van der Waals surface area contributed by atoms with Gasteiger partial charge in [-0.2, -0.15) is 0 Å². The van der Waals surface area contributed by atoms with Crippen molar-refractivity contribution < 1.29 is 14.6 Å². The summed E-state index contributed by atoms with van der Waals surface area (Å²) in [6.45, 7) is 9.88. The Kier molecular flexibility index (Phi) is 3.73. The van der Waals surface area contributed by atoms with Crippen molar-refractivity contribution in [1.29, 1.82) is 0 Å². The van der Waals surface area contributed by atoms with Crippen molar-refractivity contribution >= 4 is 5.97 Å². The second-order valence-corrected chi connectivity index (χ2v) is 5.09. The van der Waals surface area contributed by atoms with E-state index in [9.17, 15) is 9.90 Å². The van der Waals surface area contributed by atoms with Gasteiger partial charge in [-0.15, -0.1) is 0 Å². The lowest BCUT2D eigenvalue weighted by atomic mass is 9.94. The van der Waals surface area contributed by atoms with E-state index in [0.29, 0.717) is 19.8 Å². The van der Waals surface area contributed by atoms with Crippen molar-refractivity contribution in [3.05, 3.63) is 0 Å². The Morgan fingerprint density at radius 1 is 1.47 bits per heavy atom. The molecule has 4 nitrogen and oxygen atoms in total. The monoisotopic (exact) mass is 215 g/mol. The molecule has 1 fully saturated rings. The number of nitrogens with zero attached hydrogens (tertiary/aromatic N) is 1. The van der Waals surface area contributed by atoms with Crippen LogP contribution in [0.2, 0.25) is 0 Å². The first kappa shape index (κ1) is 12.5. The van der Waals surface area contributed by atoms with Gasteiger partial charge >= 0.3 is 5.97 Å². The van der Waals surface area contributed by atoms with Gasteiger partial charge in [0.25, 0.3) is 0 Å². The van der Waals surface area contributed by atoms with Crippen molar-refractivity contribution in [2.75, 3.05) is 19.8 Å². The number of carboxylic acids is 1. The molecule has 0 amide bonds. The molecule has 0 spiro atoms. The molecule has 0 bridgehead atoms. The number of morpholine rings is 1. The molecule has 1 saturated heterocycles. The van der Waals surface area contributed by atoms with E-state index in [1.54, 1.807) is 0 Å². The number of hydrogen-bond donors (Lipinski definition) is 1. The van der Waals surface area contributed by atoms with Crippen LogP contribution >= 0.6 is 0 Å². The van der Waals surface area contributed by atoms with Crippen molar-refractivity contribution in [1.82, 2.24) is 4.90 Å². The van der Waals surface area contributed by atoms with Crippen molar-refractivity contribution in [3.8, 4) is 0 Å². The predicted molar refractivity (Wildman–Crippen MR) is 57.9 cm³/mol. The van der Waals surface area contributed by atoms with Gasteiger partial charge in [-0.3, -0.25) is 9.69 Å². The number of carbonyl (C=O) groups is 1. The molecule has 88 valence electrons. The largest absolute Gasteiger partial charge is 0.480 e. The molecule has 0 aromatic rings. The van der Waals surface area contributed by atoms with Crippen LogP contribution in [0.3, 0.4) is 0 Å². The zero-order valence-corrected chi connectivity index (χ0v) is 9.99. The summed E-state index contributed by atoms with van der Waals surface area (Å²) in [7, 11) is 0. The van der Waals surface area contributed by atoms with E-state index in [2.05, 4.69) is 0 Å². The molecule has 15 heavy (non-hydrogen) atoms. The van der Waals surface area contributed by atoms with Gasteiger partial charge in [-0.05, 0) is 19.8 Å². The Labute approximate surface area is 91.2 Å². The number of rotatable bonds is 3. The highest BCUT2D eigenvalue weighted by molar-refractivity contribution is 5.74. The minimum Gasteiger partial charge on any atom is -0.480 e. The molecular formula is C11H21NO3. The van der Waals surface area contributed by atoms with E-state index >= 15 is 0 Å². The molecule has 4 heteroatoms. The third-order valence-electron chi connectivity index (χ3n) is 2.93. The maximum Gasteiger partial charge on any atom is 0.321 e. The summed E-state index contributed by atoms with van der Waals surface area (Å²) >= 11 is 0. The van der Waals surface area contributed by atoms with Gasteiger partial charge in [0.1, 0.15) is 6.04 Å². The summed E-state index contributed by atoms with van der Waals surface area (Å²) in [4.78, 5) is 13.3. The molecule has 1 unspecified atom stereocenters. The van der Waals surface area contributed by atoms with Crippen LogP contribution in [0, 0.1) is 5.92 Å². The van der Waals surface area contributed by atoms with Crippen LogP contribution in [0.1, 0.15) is 27.7 Å². The van der Waals surface area contributed by atoms with Crippen LogP contribution in [0.5, 0.6) is 0 Å². The van der Waals surface area contributed by atoms with E-state index in [4.69, 9.17) is 4.74 Å². The fourth-order valence-electron chi connectivity index (χ4n) is 2.16. The zero-order chi connectivity index (χ0) is 11.6. The number of ether oxygens (including phenoxy) is 1. The molecule has 0 radical (unpaired) electrons. The average molecular weight is 215 g/mol. The molecule has 0 saturated carbocycles. The molecule has 1 aliphatic rings. The second-order valence-electron chi connectivity index (χ2n) is 5.09. The summed E-state index contributed by atoms with van der Waals surface area (Å²) in [6, 6.07) is -0.413. The Bertz CT molecular complexity index is 238. The highest BCUT2D eigenvalue weighted by atomic mass is 16.5. The lowest BCUT2D eigenvalue weighted by Gasteiger charge is -2.46. The summed E-state index contributed by atoms with van der Waals surface area (Å²) < 4.78 is 5.39. The van der Waals surface area contributed by atoms with Gasteiger partial charge in [-0.25, -0.2) is 0 Å². The first-order valence-corrected chi connectivity index (χ1v) is 5.43. The SMILES string of the molecule is CC(C)C(C(=O)O)N1CCOCC1(C)C. The Morgan fingerprint density at radius 3 is 2.47 bits per heavy atom. The second kappa shape index (κ2) is 4.49.